The third-order valence-corrected chi connectivity index (χ3v) is 6.50. The minimum atomic E-state index is -3.85. The van der Waals surface area contributed by atoms with Gasteiger partial charge in [-0.15, -0.1) is 0 Å². The highest BCUT2D eigenvalue weighted by molar-refractivity contribution is 7.92. The van der Waals surface area contributed by atoms with Crippen molar-refractivity contribution < 1.29 is 22.6 Å². The molecular weight excluding hydrogens is 402 g/mol. The third kappa shape index (κ3) is 4.52. The Kier molecular flexibility index (Phi) is 6.52. The molecule has 0 atom stereocenters. The highest BCUT2D eigenvalue weighted by Crippen LogP contribution is 2.35. The van der Waals surface area contributed by atoms with Gasteiger partial charge in [-0.2, -0.15) is 0 Å². The van der Waals surface area contributed by atoms with Gasteiger partial charge in [0.1, 0.15) is 5.75 Å². The van der Waals surface area contributed by atoms with Crippen LogP contribution >= 0.6 is 0 Å². The summed E-state index contributed by atoms with van der Waals surface area (Å²) in [6.45, 7) is 2.15. The first-order valence-electron chi connectivity index (χ1n) is 9.33. The molecular formula is C23H25NO5S. The van der Waals surface area contributed by atoms with Crippen molar-refractivity contribution >= 4 is 15.7 Å². The Morgan fingerprint density at radius 1 is 0.800 bits per heavy atom. The molecule has 3 rings (SSSR count). The van der Waals surface area contributed by atoms with Gasteiger partial charge in [0, 0.05) is 6.07 Å². The highest BCUT2D eigenvalue weighted by Gasteiger charge is 2.26. The van der Waals surface area contributed by atoms with Crippen LogP contribution in [0.25, 0.3) is 0 Å². The molecule has 30 heavy (non-hydrogen) atoms. The van der Waals surface area contributed by atoms with Crippen molar-refractivity contribution in [1.29, 1.82) is 0 Å². The molecule has 0 unspecified atom stereocenters. The maximum atomic E-state index is 13.6. The summed E-state index contributed by atoms with van der Waals surface area (Å²) >= 11 is 0. The molecule has 0 spiro atoms. The largest absolute Gasteiger partial charge is 0.497 e. The molecule has 6 nitrogen and oxygen atoms in total. The summed E-state index contributed by atoms with van der Waals surface area (Å²) in [5, 5.41) is 0. The molecule has 0 aliphatic rings. The van der Waals surface area contributed by atoms with Crippen molar-refractivity contribution in [2.24, 2.45) is 0 Å². The van der Waals surface area contributed by atoms with E-state index in [0.29, 0.717) is 22.9 Å². The molecule has 0 saturated heterocycles. The Bertz CT molecular complexity index is 1110. The highest BCUT2D eigenvalue weighted by atomic mass is 32.2. The van der Waals surface area contributed by atoms with Crippen LogP contribution in [0.5, 0.6) is 17.2 Å². The zero-order valence-electron chi connectivity index (χ0n) is 17.5. The second-order valence-electron chi connectivity index (χ2n) is 6.72. The second kappa shape index (κ2) is 9.09. The van der Waals surface area contributed by atoms with Crippen LogP contribution in [0.1, 0.15) is 11.1 Å². The first-order chi connectivity index (χ1) is 14.4. The number of nitrogens with zero attached hydrogens (tertiary/aromatic N) is 1. The molecule has 0 aliphatic heterocycles. The van der Waals surface area contributed by atoms with E-state index < -0.39 is 10.0 Å². The van der Waals surface area contributed by atoms with Gasteiger partial charge in [0.2, 0.25) is 0 Å². The number of ether oxygens (including phenoxy) is 3. The van der Waals surface area contributed by atoms with Crippen molar-refractivity contribution in [2.45, 2.75) is 18.4 Å². The summed E-state index contributed by atoms with van der Waals surface area (Å²) in [6.07, 6.45) is 0. The lowest BCUT2D eigenvalue weighted by Gasteiger charge is -2.26. The number of hydrogen-bond donors (Lipinski definition) is 0. The van der Waals surface area contributed by atoms with Crippen LogP contribution in [0, 0.1) is 6.92 Å². The summed E-state index contributed by atoms with van der Waals surface area (Å²) in [5.41, 5.74) is 2.41. The fraction of sp³-hybridized carbons (Fsp3) is 0.217. The fourth-order valence-electron chi connectivity index (χ4n) is 3.15. The Morgan fingerprint density at radius 2 is 1.50 bits per heavy atom. The number of anilines is 1. The van der Waals surface area contributed by atoms with Gasteiger partial charge >= 0.3 is 0 Å². The third-order valence-electron chi connectivity index (χ3n) is 4.71. The Balaban J connectivity index is 2.11. The summed E-state index contributed by atoms with van der Waals surface area (Å²) < 4.78 is 44.4. The van der Waals surface area contributed by atoms with Crippen LogP contribution in [0.15, 0.2) is 71.6 Å². The van der Waals surface area contributed by atoms with E-state index in [1.165, 1.54) is 37.8 Å². The monoisotopic (exact) mass is 427 g/mol. The van der Waals surface area contributed by atoms with Crippen molar-refractivity contribution in [3.63, 3.8) is 0 Å². The molecule has 7 heteroatoms. The Morgan fingerprint density at radius 3 is 2.10 bits per heavy atom. The summed E-state index contributed by atoms with van der Waals surface area (Å²) in [4.78, 5) is 0.172. The van der Waals surface area contributed by atoms with Crippen molar-refractivity contribution in [3.05, 3.63) is 77.9 Å². The topological polar surface area (TPSA) is 65.1 Å². The predicted octanol–water partition coefficient (Wildman–Crippen LogP) is 4.42. The van der Waals surface area contributed by atoms with Crippen LogP contribution in [-0.4, -0.2) is 29.7 Å². The van der Waals surface area contributed by atoms with E-state index in [4.69, 9.17) is 14.2 Å². The fourth-order valence-corrected chi connectivity index (χ4v) is 4.59. The Labute approximate surface area is 177 Å². The molecule has 158 valence electrons. The molecule has 0 amide bonds. The zero-order valence-corrected chi connectivity index (χ0v) is 18.3. The van der Waals surface area contributed by atoms with E-state index in [0.717, 1.165) is 11.1 Å². The van der Waals surface area contributed by atoms with E-state index in [-0.39, 0.29) is 11.4 Å². The number of hydrogen-bond acceptors (Lipinski definition) is 5. The maximum Gasteiger partial charge on any atom is 0.264 e. The molecule has 0 radical (unpaired) electrons. The van der Waals surface area contributed by atoms with Crippen LogP contribution < -0.4 is 18.5 Å². The van der Waals surface area contributed by atoms with Crippen molar-refractivity contribution in [1.82, 2.24) is 0 Å². The number of benzene rings is 3. The molecule has 0 N–H and O–H groups in total. The van der Waals surface area contributed by atoms with E-state index in [9.17, 15) is 8.42 Å². The quantitative estimate of drug-likeness (QED) is 0.533. The van der Waals surface area contributed by atoms with E-state index in [2.05, 4.69) is 0 Å². The lowest BCUT2D eigenvalue weighted by atomic mass is 10.1. The average Bonchev–Trinajstić information content (AvgIpc) is 2.77. The smallest absolute Gasteiger partial charge is 0.264 e. The number of methoxy groups -OCH3 is 3. The lowest BCUT2D eigenvalue weighted by Crippen LogP contribution is -2.30. The second-order valence-corrected chi connectivity index (χ2v) is 8.58. The number of aryl methyl sites for hydroxylation is 1. The first kappa shape index (κ1) is 21.5. The van der Waals surface area contributed by atoms with Gasteiger partial charge in [-0.25, -0.2) is 8.42 Å². The summed E-state index contributed by atoms with van der Waals surface area (Å²) in [7, 11) is 0.742. The van der Waals surface area contributed by atoms with Crippen LogP contribution in [-0.2, 0) is 16.6 Å². The van der Waals surface area contributed by atoms with E-state index in [1.54, 1.807) is 30.3 Å². The molecule has 3 aromatic rings. The van der Waals surface area contributed by atoms with Gasteiger partial charge in [-0.05, 0) is 48.9 Å². The Hall–Kier alpha value is -3.19. The molecule has 0 saturated carbocycles. The summed E-state index contributed by atoms with van der Waals surface area (Å²) in [6, 6.07) is 19.2. The average molecular weight is 428 g/mol. The van der Waals surface area contributed by atoms with Crippen LogP contribution in [0.3, 0.4) is 0 Å². The van der Waals surface area contributed by atoms with E-state index >= 15 is 0 Å². The van der Waals surface area contributed by atoms with Crippen LogP contribution in [0.2, 0.25) is 0 Å². The lowest BCUT2D eigenvalue weighted by molar-refractivity contribution is 0.355. The standard InChI is InChI=1S/C23H25NO5S/c1-17-6-5-7-18(14-17)16-24(19-8-13-22(28-3)23(15-19)29-4)30(25,26)21-11-9-20(27-2)10-12-21/h5-15H,16H2,1-4H3. The van der Waals surface area contributed by atoms with E-state index in [1.807, 2.05) is 31.2 Å². The normalized spacial score (nSPS) is 11.1. The van der Waals surface area contributed by atoms with Gasteiger partial charge in [0.25, 0.3) is 10.0 Å². The van der Waals surface area contributed by atoms with Gasteiger partial charge in [0.05, 0.1) is 38.5 Å². The minimum Gasteiger partial charge on any atom is -0.497 e. The molecule has 0 fully saturated rings. The van der Waals surface area contributed by atoms with Crippen LogP contribution in [0.4, 0.5) is 5.69 Å². The van der Waals surface area contributed by atoms with Gasteiger partial charge < -0.3 is 14.2 Å². The van der Waals surface area contributed by atoms with Gasteiger partial charge in [0.15, 0.2) is 11.5 Å². The zero-order chi connectivity index (χ0) is 21.7. The van der Waals surface area contributed by atoms with Gasteiger partial charge in [-0.1, -0.05) is 29.8 Å². The van der Waals surface area contributed by atoms with Crippen molar-refractivity contribution in [3.8, 4) is 17.2 Å². The molecule has 3 aromatic carbocycles. The predicted molar refractivity (Wildman–Crippen MR) is 117 cm³/mol. The number of sulfonamides is 1. The molecule has 0 bridgehead atoms. The van der Waals surface area contributed by atoms with Crippen molar-refractivity contribution in [2.75, 3.05) is 25.6 Å². The molecule has 0 heterocycles. The number of rotatable bonds is 8. The first-order valence-corrected chi connectivity index (χ1v) is 10.8. The summed E-state index contributed by atoms with van der Waals surface area (Å²) in [5.74, 6) is 1.57. The minimum absolute atomic E-state index is 0.172. The molecule has 0 aromatic heterocycles. The molecule has 0 aliphatic carbocycles. The SMILES string of the molecule is COc1ccc(S(=O)(=O)N(Cc2cccc(C)c2)c2ccc(OC)c(OC)c2)cc1. The maximum absolute atomic E-state index is 13.6. The van der Waals surface area contributed by atoms with Gasteiger partial charge in [-0.3, -0.25) is 4.31 Å².